The maximum absolute atomic E-state index is 4.65. The molecule has 0 aliphatic heterocycles. The van der Waals surface area contributed by atoms with Gasteiger partial charge >= 0.3 is 0 Å². The van der Waals surface area contributed by atoms with Crippen LogP contribution < -0.4 is 15.5 Å². The summed E-state index contributed by atoms with van der Waals surface area (Å²) in [4.78, 5) is 6.78. The van der Waals surface area contributed by atoms with Gasteiger partial charge in [-0.25, -0.2) is 4.98 Å². The number of nitrogens with zero attached hydrogens (tertiary/aromatic N) is 2. The van der Waals surface area contributed by atoms with E-state index in [1.165, 1.54) is 36.9 Å². The summed E-state index contributed by atoms with van der Waals surface area (Å²) in [7, 11) is 4.14. The largest absolute Gasteiger partial charge is 0.377 e. The predicted molar refractivity (Wildman–Crippen MR) is 106 cm³/mol. The Balaban J connectivity index is 1.48. The summed E-state index contributed by atoms with van der Waals surface area (Å²) in [6, 6.07) is 16.1. The first-order valence-electron chi connectivity index (χ1n) is 9.30. The summed E-state index contributed by atoms with van der Waals surface area (Å²) in [5.74, 6) is 1.00. The van der Waals surface area contributed by atoms with Crippen molar-refractivity contribution >= 4 is 11.5 Å². The highest BCUT2D eigenvalue weighted by atomic mass is 15.1. The maximum atomic E-state index is 4.65. The van der Waals surface area contributed by atoms with E-state index in [9.17, 15) is 0 Å². The fourth-order valence-corrected chi connectivity index (χ4v) is 3.49. The van der Waals surface area contributed by atoms with Crippen molar-refractivity contribution in [3.05, 3.63) is 53.7 Å². The minimum absolute atomic E-state index is 0.527. The summed E-state index contributed by atoms with van der Waals surface area (Å²) in [5.41, 5.74) is 3.63. The van der Waals surface area contributed by atoms with E-state index in [1.54, 1.807) is 0 Å². The zero-order valence-electron chi connectivity index (χ0n) is 15.6. The number of nitrogens with one attached hydrogen (secondary N) is 2. The lowest BCUT2D eigenvalue weighted by Crippen LogP contribution is -2.36. The van der Waals surface area contributed by atoms with E-state index in [2.05, 4.69) is 84.0 Å². The third-order valence-corrected chi connectivity index (χ3v) is 4.97. The van der Waals surface area contributed by atoms with Gasteiger partial charge in [0.15, 0.2) is 0 Å². The second kappa shape index (κ2) is 8.34. The van der Waals surface area contributed by atoms with Gasteiger partial charge in [-0.2, -0.15) is 0 Å². The van der Waals surface area contributed by atoms with Crippen LogP contribution in [0.4, 0.5) is 11.5 Å². The van der Waals surface area contributed by atoms with Crippen molar-refractivity contribution in [1.82, 2.24) is 10.3 Å². The molecule has 1 aromatic carbocycles. The lowest BCUT2D eigenvalue weighted by atomic mass is 9.91. The summed E-state index contributed by atoms with van der Waals surface area (Å²) < 4.78 is 0. The lowest BCUT2D eigenvalue weighted by Gasteiger charge is -2.30. The zero-order chi connectivity index (χ0) is 17.6. The molecule has 0 bridgehead atoms. The molecule has 2 N–H and O–H groups in total. The molecule has 25 heavy (non-hydrogen) atoms. The molecule has 0 saturated heterocycles. The topological polar surface area (TPSA) is 40.2 Å². The molecule has 3 rings (SSSR count). The second-order valence-corrected chi connectivity index (χ2v) is 7.31. The molecule has 1 fully saturated rings. The van der Waals surface area contributed by atoms with Crippen LogP contribution >= 0.6 is 0 Å². The van der Waals surface area contributed by atoms with Gasteiger partial charge in [0.05, 0.1) is 0 Å². The van der Waals surface area contributed by atoms with E-state index in [0.717, 1.165) is 18.1 Å². The van der Waals surface area contributed by atoms with Gasteiger partial charge in [-0.3, -0.25) is 0 Å². The third kappa shape index (κ3) is 5.20. The highest BCUT2D eigenvalue weighted by molar-refractivity contribution is 5.54. The first-order valence-corrected chi connectivity index (χ1v) is 9.30. The number of aryl methyl sites for hydroxylation is 1. The van der Waals surface area contributed by atoms with Crippen LogP contribution in [0.15, 0.2) is 42.5 Å². The van der Waals surface area contributed by atoms with Crippen LogP contribution in [-0.4, -0.2) is 31.2 Å². The highest BCUT2D eigenvalue weighted by Crippen LogP contribution is 2.24. The Morgan fingerprint density at radius 3 is 2.36 bits per heavy atom. The summed E-state index contributed by atoms with van der Waals surface area (Å²) in [5, 5.41) is 7.35. The first kappa shape index (κ1) is 17.7. The van der Waals surface area contributed by atoms with Crippen LogP contribution in [0, 0.1) is 6.92 Å². The summed E-state index contributed by atoms with van der Waals surface area (Å²) in [6.07, 6.45) is 4.83. The van der Waals surface area contributed by atoms with Gasteiger partial charge in [-0.05, 0) is 44.2 Å². The minimum atomic E-state index is 0.527. The molecule has 1 aliphatic rings. The van der Waals surface area contributed by atoms with E-state index >= 15 is 0 Å². The molecule has 0 amide bonds. The number of hydrogen-bond acceptors (Lipinski definition) is 4. The van der Waals surface area contributed by atoms with E-state index in [-0.39, 0.29) is 0 Å². The molecule has 0 unspecified atom stereocenters. The lowest BCUT2D eigenvalue weighted by molar-refractivity contribution is 0.352. The Bertz CT molecular complexity index is 661. The Labute approximate surface area is 151 Å². The molecule has 0 radical (unpaired) electrons. The molecule has 1 aromatic heterocycles. The number of anilines is 2. The van der Waals surface area contributed by atoms with Crippen molar-refractivity contribution in [2.45, 2.75) is 51.2 Å². The number of hydrogen-bond donors (Lipinski definition) is 2. The monoisotopic (exact) mass is 338 g/mol. The van der Waals surface area contributed by atoms with Gasteiger partial charge in [-0.15, -0.1) is 0 Å². The van der Waals surface area contributed by atoms with Gasteiger partial charge in [0.25, 0.3) is 0 Å². The van der Waals surface area contributed by atoms with Crippen LogP contribution in [0.25, 0.3) is 0 Å². The van der Waals surface area contributed by atoms with Crippen LogP contribution in [0.1, 0.15) is 36.9 Å². The fourth-order valence-electron chi connectivity index (χ4n) is 3.49. The Kier molecular flexibility index (Phi) is 5.92. The first-order chi connectivity index (χ1) is 12.1. The quantitative estimate of drug-likeness (QED) is 0.836. The summed E-state index contributed by atoms with van der Waals surface area (Å²) in [6.45, 7) is 3.03. The molecule has 2 aromatic rings. The number of aromatic nitrogens is 1. The standard InChI is InChI=1S/C21H30N4/c1-16-13-20(25(2)3)14-21(23-16)24-19-11-9-18(10-12-19)22-15-17-7-5-4-6-8-17/h4-8,13-14,18-19,22H,9-12,15H2,1-3H3,(H,23,24). The molecule has 4 nitrogen and oxygen atoms in total. The van der Waals surface area contributed by atoms with Gasteiger partial charge < -0.3 is 15.5 Å². The zero-order valence-corrected chi connectivity index (χ0v) is 15.6. The smallest absolute Gasteiger partial charge is 0.128 e. The van der Waals surface area contributed by atoms with Crippen molar-refractivity contribution in [2.75, 3.05) is 24.3 Å². The molecule has 0 spiro atoms. The molecular formula is C21H30N4. The molecule has 4 heteroatoms. The fraction of sp³-hybridized carbons (Fsp3) is 0.476. The Morgan fingerprint density at radius 2 is 1.68 bits per heavy atom. The number of rotatable bonds is 6. The van der Waals surface area contributed by atoms with Crippen molar-refractivity contribution < 1.29 is 0 Å². The summed E-state index contributed by atoms with van der Waals surface area (Å²) >= 11 is 0. The Hall–Kier alpha value is -2.07. The minimum Gasteiger partial charge on any atom is -0.377 e. The van der Waals surface area contributed by atoms with E-state index in [0.29, 0.717) is 12.1 Å². The van der Waals surface area contributed by atoms with Gasteiger partial charge in [0, 0.05) is 50.2 Å². The van der Waals surface area contributed by atoms with Crippen molar-refractivity contribution in [1.29, 1.82) is 0 Å². The van der Waals surface area contributed by atoms with E-state index < -0.39 is 0 Å². The average Bonchev–Trinajstić information content (AvgIpc) is 2.61. The predicted octanol–water partition coefficient (Wildman–Crippen LogP) is 3.97. The molecule has 1 heterocycles. The average molecular weight is 338 g/mol. The van der Waals surface area contributed by atoms with Gasteiger partial charge in [0.1, 0.15) is 5.82 Å². The highest BCUT2D eigenvalue weighted by Gasteiger charge is 2.21. The number of pyridine rings is 1. The van der Waals surface area contributed by atoms with E-state index in [1.807, 2.05) is 0 Å². The second-order valence-electron chi connectivity index (χ2n) is 7.31. The number of benzene rings is 1. The third-order valence-electron chi connectivity index (χ3n) is 4.97. The molecular weight excluding hydrogens is 308 g/mol. The van der Waals surface area contributed by atoms with Gasteiger partial charge in [0.2, 0.25) is 0 Å². The normalized spacial score (nSPS) is 20.3. The van der Waals surface area contributed by atoms with Crippen LogP contribution in [0.2, 0.25) is 0 Å². The van der Waals surface area contributed by atoms with Crippen LogP contribution in [0.3, 0.4) is 0 Å². The molecule has 1 aliphatic carbocycles. The van der Waals surface area contributed by atoms with Crippen molar-refractivity contribution in [3.63, 3.8) is 0 Å². The van der Waals surface area contributed by atoms with E-state index in [4.69, 9.17) is 0 Å². The van der Waals surface area contributed by atoms with Crippen molar-refractivity contribution in [3.8, 4) is 0 Å². The molecule has 134 valence electrons. The van der Waals surface area contributed by atoms with Gasteiger partial charge in [-0.1, -0.05) is 30.3 Å². The van der Waals surface area contributed by atoms with Crippen LogP contribution in [0.5, 0.6) is 0 Å². The Morgan fingerprint density at radius 1 is 1.00 bits per heavy atom. The van der Waals surface area contributed by atoms with Crippen molar-refractivity contribution in [2.24, 2.45) is 0 Å². The maximum Gasteiger partial charge on any atom is 0.128 e. The molecule has 1 saturated carbocycles. The van der Waals surface area contributed by atoms with Crippen LogP contribution in [-0.2, 0) is 6.54 Å². The molecule has 0 atom stereocenters. The SMILES string of the molecule is Cc1cc(N(C)C)cc(NC2CCC(NCc3ccccc3)CC2)n1.